The third kappa shape index (κ3) is 3.44. The van der Waals surface area contributed by atoms with E-state index in [1.54, 1.807) is 0 Å². The van der Waals surface area contributed by atoms with Gasteiger partial charge in [-0.1, -0.05) is 26.7 Å². The van der Waals surface area contributed by atoms with Crippen molar-refractivity contribution in [2.24, 2.45) is 17.7 Å². The molecule has 3 heteroatoms. The van der Waals surface area contributed by atoms with E-state index in [1.165, 1.54) is 25.7 Å². The Hall–Kier alpha value is -0.120. The summed E-state index contributed by atoms with van der Waals surface area (Å²) in [6.07, 6.45) is 5.54. The highest BCUT2D eigenvalue weighted by Crippen LogP contribution is 2.31. The molecule has 0 aromatic heterocycles. The van der Waals surface area contributed by atoms with Crippen LogP contribution in [-0.2, 0) is 4.74 Å². The van der Waals surface area contributed by atoms with Crippen LogP contribution in [0.5, 0.6) is 0 Å². The quantitative estimate of drug-likeness (QED) is 0.525. The van der Waals surface area contributed by atoms with Crippen LogP contribution in [0.2, 0.25) is 0 Å². The highest BCUT2D eigenvalue weighted by atomic mass is 16.5. The minimum absolute atomic E-state index is 0.253. The third-order valence-electron chi connectivity index (χ3n) is 3.47. The van der Waals surface area contributed by atoms with Crippen molar-refractivity contribution in [3.05, 3.63) is 0 Å². The van der Waals surface area contributed by atoms with Crippen LogP contribution < -0.4 is 11.3 Å². The van der Waals surface area contributed by atoms with Crippen molar-refractivity contribution >= 4 is 0 Å². The zero-order valence-electron chi connectivity index (χ0n) is 10.3. The predicted octanol–water partition coefficient (Wildman–Crippen LogP) is 2.07. The van der Waals surface area contributed by atoms with Gasteiger partial charge in [0.15, 0.2) is 0 Å². The Morgan fingerprint density at radius 1 is 1.33 bits per heavy atom. The van der Waals surface area contributed by atoms with E-state index in [4.69, 9.17) is 10.6 Å². The van der Waals surface area contributed by atoms with E-state index >= 15 is 0 Å². The Bertz CT molecular complexity index is 167. The number of ether oxygens (including phenoxy) is 1. The fraction of sp³-hybridized carbons (Fsp3) is 1.00. The molecule has 0 aliphatic heterocycles. The predicted molar refractivity (Wildman–Crippen MR) is 63.3 cm³/mol. The van der Waals surface area contributed by atoms with Gasteiger partial charge in [0, 0.05) is 6.61 Å². The van der Waals surface area contributed by atoms with Crippen molar-refractivity contribution < 1.29 is 4.74 Å². The normalized spacial score (nSPS) is 22.2. The number of hydrogen-bond acceptors (Lipinski definition) is 3. The largest absolute Gasteiger partial charge is 0.377 e. The molecule has 0 aromatic carbocycles. The summed E-state index contributed by atoms with van der Waals surface area (Å²) >= 11 is 0. The van der Waals surface area contributed by atoms with Gasteiger partial charge >= 0.3 is 0 Å². The van der Waals surface area contributed by atoms with E-state index in [0.717, 1.165) is 6.61 Å². The summed E-state index contributed by atoms with van der Waals surface area (Å²) in [4.78, 5) is 0. The summed E-state index contributed by atoms with van der Waals surface area (Å²) in [5.74, 6) is 6.91. The highest BCUT2D eigenvalue weighted by molar-refractivity contribution is 4.87. The summed E-state index contributed by atoms with van der Waals surface area (Å²) in [6.45, 7) is 7.24. The molecule has 1 aliphatic carbocycles. The SMILES string of the molecule is CCOC(C(C)C)C(NN)C1CCCC1. The Kier molecular flexibility index (Phi) is 5.58. The molecule has 15 heavy (non-hydrogen) atoms. The molecule has 3 nitrogen and oxygen atoms in total. The van der Waals surface area contributed by atoms with Gasteiger partial charge < -0.3 is 4.74 Å². The first kappa shape index (κ1) is 12.9. The van der Waals surface area contributed by atoms with Crippen molar-refractivity contribution in [2.45, 2.75) is 58.6 Å². The van der Waals surface area contributed by atoms with Crippen LogP contribution in [0.4, 0.5) is 0 Å². The maximum absolute atomic E-state index is 5.83. The average Bonchev–Trinajstić information content (AvgIpc) is 2.71. The Morgan fingerprint density at radius 3 is 2.33 bits per heavy atom. The first-order chi connectivity index (χ1) is 7.20. The standard InChI is InChI=1S/C12H26N2O/c1-4-15-12(9(2)3)11(14-13)10-7-5-6-8-10/h9-12,14H,4-8,13H2,1-3H3. The summed E-state index contributed by atoms with van der Waals surface area (Å²) in [6, 6.07) is 0.326. The van der Waals surface area contributed by atoms with E-state index in [2.05, 4.69) is 26.2 Å². The molecule has 0 spiro atoms. The topological polar surface area (TPSA) is 47.3 Å². The van der Waals surface area contributed by atoms with Crippen LogP contribution in [0.15, 0.2) is 0 Å². The summed E-state index contributed by atoms with van der Waals surface area (Å²) < 4.78 is 5.83. The molecule has 3 N–H and O–H groups in total. The Labute approximate surface area is 93.7 Å². The van der Waals surface area contributed by atoms with E-state index in [-0.39, 0.29) is 6.10 Å². The Balaban J connectivity index is 2.59. The lowest BCUT2D eigenvalue weighted by Gasteiger charge is -2.33. The van der Waals surface area contributed by atoms with Gasteiger partial charge in [-0.05, 0) is 31.6 Å². The monoisotopic (exact) mass is 214 g/mol. The van der Waals surface area contributed by atoms with Crippen molar-refractivity contribution in [1.29, 1.82) is 0 Å². The second kappa shape index (κ2) is 6.46. The molecule has 0 radical (unpaired) electrons. The van der Waals surface area contributed by atoms with Gasteiger partial charge in [-0.25, -0.2) is 0 Å². The van der Waals surface area contributed by atoms with Crippen molar-refractivity contribution in [1.82, 2.24) is 5.43 Å². The van der Waals surface area contributed by atoms with Gasteiger partial charge in [0.25, 0.3) is 0 Å². The van der Waals surface area contributed by atoms with Crippen molar-refractivity contribution in [3.63, 3.8) is 0 Å². The lowest BCUT2D eigenvalue weighted by molar-refractivity contribution is -0.0113. The molecular formula is C12H26N2O. The fourth-order valence-electron chi connectivity index (χ4n) is 2.72. The molecule has 0 bridgehead atoms. The molecule has 90 valence electrons. The number of nitrogens with one attached hydrogen (secondary N) is 1. The number of nitrogens with two attached hydrogens (primary N) is 1. The van der Waals surface area contributed by atoms with Gasteiger partial charge in [0.2, 0.25) is 0 Å². The first-order valence-electron chi connectivity index (χ1n) is 6.28. The zero-order valence-corrected chi connectivity index (χ0v) is 10.3. The summed E-state index contributed by atoms with van der Waals surface area (Å²) in [7, 11) is 0. The summed E-state index contributed by atoms with van der Waals surface area (Å²) in [5, 5.41) is 0. The van der Waals surface area contributed by atoms with E-state index in [9.17, 15) is 0 Å². The second-order valence-electron chi connectivity index (χ2n) is 4.90. The van der Waals surface area contributed by atoms with Crippen LogP contribution in [0, 0.1) is 11.8 Å². The molecule has 2 atom stereocenters. The summed E-state index contributed by atoms with van der Waals surface area (Å²) in [5.41, 5.74) is 2.99. The van der Waals surface area contributed by atoms with Crippen LogP contribution in [-0.4, -0.2) is 18.8 Å². The second-order valence-corrected chi connectivity index (χ2v) is 4.90. The van der Waals surface area contributed by atoms with Gasteiger partial charge in [-0.3, -0.25) is 11.3 Å². The van der Waals surface area contributed by atoms with Crippen molar-refractivity contribution in [3.8, 4) is 0 Å². The van der Waals surface area contributed by atoms with Crippen LogP contribution in [0.25, 0.3) is 0 Å². The van der Waals surface area contributed by atoms with E-state index < -0.39 is 0 Å². The van der Waals surface area contributed by atoms with Gasteiger partial charge in [0.1, 0.15) is 0 Å². The van der Waals surface area contributed by atoms with Gasteiger partial charge in [0.05, 0.1) is 12.1 Å². The molecule has 0 heterocycles. The first-order valence-corrected chi connectivity index (χ1v) is 6.28. The maximum Gasteiger partial charge on any atom is 0.0766 e. The maximum atomic E-state index is 5.83. The minimum Gasteiger partial charge on any atom is -0.377 e. The molecule has 1 aliphatic rings. The smallest absolute Gasteiger partial charge is 0.0766 e. The van der Waals surface area contributed by atoms with Gasteiger partial charge in [-0.2, -0.15) is 0 Å². The number of rotatable bonds is 6. The van der Waals surface area contributed by atoms with Crippen LogP contribution in [0.3, 0.4) is 0 Å². The zero-order chi connectivity index (χ0) is 11.3. The molecule has 0 saturated heterocycles. The molecule has 0 amide bonds. The number of hydrogen-bond donors (Lipinski definition) is 2. The Morgan fingerprint density at radius 2 is 1.93 bits per heavy atom. The lowest BCUT2D eigenvalue weighted by Crippen LogP contribution is -2.51. The third-order valence-corrected chi connectivity index (χ3v) is 3.47. The molecule has 1 saturated carbocycles. The molecule has 2 unspecified atom stereocenters. The van der Waals surface area contributed by atoms with Crippen LogP contribution in [0.1, 0.15) is 46.5 Å². The minimum atomic E-state index is 0.253. The average molecular weight is 214 g/mol. The van der Waals surface area contributed by atoms with E-state index in [0.29, 0.717) is 17.9 Å². The van der Waals surface area contributed by atoms with Crippen LogP contribution >= 0.6 is 0 Å². The molecule has 1 rings (SSSR count). The molecule has 0 aromatic rings. The van der Waals surface area contributed by atoms with Crippen molar-refractivity contribution in [2.75, 3.05) is 6.61 Å². The molecule has 1 fully saturated rings. The van der Waals surface area contributed by atoms with E-state index in [1.807, 2.05) is 0 Å². The fourth-order valence-corrected chi connectivity index (χ4v) is 2.72. The number of hydrazine groups is 1. The lowest BCUT2D eigenvalue weighted by atomic mass is 9.88. The van der Waals surface area contributed by atoms with Gasteiger partial charge in [-0.15, -0.1) is 0 Å². The highest BCUT2D eigenvalue weighted by Gasteiger charge is 2.32. The molecular weight excluding hydrogens is 188 g/mol.